The molecular formula is C17H22N2O2. The molecule has 1 unspecified atom stereocenters. The maximum absolute atomic E-state index is 5.91. The van der Waals surface area contributed by atoms with Gasteiger partial charge in [-0.3, -0.25) is 0 Å². The number of hydrogen-bond acceptors (Lipinski definition) is 4. The number of hydrogen-bond donors (Lipinski definition) is 2. The van der Waals surface area contributed by atoms with E-state index in [0.29, 0.717) is 18.0 Å². The minimum absolute atomic E-state index is 0.0208. The molecule has 0 amide bonds. The van der Waals surface area contributed by atoms with Crippen LogP contribution in [0.3, 0.4) is 0 Å². The highest BCUT2D eigenvalue weighted by molar-refractivity contribution is 5.49. The highest BCUT2D eigenvalue weighted by Gasteiger charge is 2.13. The van der Waals surface area contributed by atoms with E-state index in [2.05, 4.69) is 36.5 Å². The van der Waals surface area contributed by atoms with E-state index < -0.39 is 0 Å². The Balaban J connectivity index is 2.22. The average Bonchev–Trinajstić information content (AvgIpc) is 2.53. The molecule has 0 bridgehead atoms. The molecule has 0 spiro atoms. The topological polar surface area (TPSA) is 56.5 Å². The van der Waals surface area contributed by atoms with Gasteiger partial charge >= 0.3 is 0 Å². The summed E-state index contributed by atoms with van der Waals surface area (Å²) in [6.07, 6.45) is 0. The molecule has 3 N–H and O–H groups in total. The van der Waals surface area contributed by atoms with Crippen LogP contribution in [-0.4, -0.2) is 20.8 Å². The summed E-state index contributed by atoms with van der Waals surface area (Å²) in [5.41, 5.74) is 9.25. The van der Waals surface area contributed by atoms with E-state index in [0.717, 1.165) is 11.3 Å². The molecule has 2 aromatic rings. The van der Waals surface area contributed by atoms with Crippen LogP contribution in [-0.2, 0) is 0 Å². The minimum atomic E-state index is 0.0208. The van der Waals surface area contributed by atoms with Gasteiger partial charge in [0.2, 0.25) is 0 Å². The Kier molecular flexibility index (Phi) is 5.06. The fourth-order valence-corrected chi connectivity index (χ4v) is 2.20. The van der Waals surface area contributed by atoms with Crippen LogP contribution in [0.25, 0.3) is 0 Å². The van der Waals surface area contributed by atoms with Crippen LogP contribution in [0.4, 0.5) is 5.69 Å². The molecule has 0 saturated carbocycles. The first-order valence-corrected chi connectivity index (χ1v) is 6.93. The molecule has 0 aliphatic carbocycles. The van der Waals surface area contributed by atoms with E-state index in [-0.39, 0.29) is 6.04 Å². The van der Waals surface area contributed by atoms with Gasteiger partial charge in [0.05, 0.1) is 20.3 Å². The van der Waals surface area contributed by atoms with Crippen LogP contribution in [0.2, 0.25) is 0 Å². The van der Waals surface area contributed by atoms with Crippen molar-refractivity contribution in [2.75, 3.05) is 26.1 Å². The van der Waals surface area contributed by atoms with E-state index in [1.165, 1.54) is 5.56 Å². The van der Waals surface area contributed by atoms with Crippen LogP contribution in [0, 0.1) is 6.92 Å². The van der Waals surface area contributed by atoms with Crippen LogP contribution in [0.1, 0.15) is 17.2 Å². The summed E-state index contributed by atoms with van der Waals surface area (Å²) < 4.78 is 10.6. The molecule has 0 aliphatic rings. The third-order valence-electron chi connectivity index (χ3n) is 3.44. The zero-order valence-electron chi connectivity index (χ0n) is 12.7. The SMILES string of the molecule is COc1ccc(C(CN)Nc2ccc(C)cc2)cc1OC. The predicted molar refractivity (Wildman–Crippen MR) is 86.1 cm³/mol. The standard InChI is InChI=1S/C17H22N2O2/c1-12-4-7-14(8-5-12)19-15(11-18)13-6-9-16(20-2)17(10-13)21-3/h4-10,15,19H,11,18H2,1-3H3. The molecule has 21 heavy (non-hydrogen) atoms. The van der Waals surface area contributed by atoms with Crippen molar-refractivity contribution in [2.24, 2.45) is 5.73 Å². The average molecular weight is 286 g/mol. The molecule has 0 radical (unpaired) electrons. The second-order valence-electron chi connectivity index (χ2n) is 4.91. The molecule has 0 saturated heterocycles. The lowest BCUT2D eigenvalue weighted by molar-refractivity contribution is 0.354. The van der Waals surface area contributed by atoms with Crippen LogP contribution < -0.4 is 20.5 Å². The van der Waals surface area contributed by atoms with Gasteiger partial charge in [0.25, 0.3) is 0 Å². The minimum Gasteiger partial charge on any atom is -0.493 e. The summed E-state index contributed by atoms with van der Waals surface area (Å²) in [5.74, 6) is 1.42. The summed E-state index contributed by atoms with van der Waals surface area (Å²) in [5, 5.41) is 3.44. The Labute approximate surface area is 125 Å². The number of nitrogens with two attached hydrogens (primary N) is 1. The smallest absolute Gasteiger partial charge is 0.161 e. The van der Waals surface area contributed by atoms with E-state index >= 15 is 0 Å². The number of anilines is 1. The Hall–Kier alpha value is -2.20. The normalized spacial score (nSPS) is 11.8. The Morgan fingerprint density at radius 1 is 1.00 bits per heavy atom. The van der Waals surface area contributed by atoms with Crippen molar-refractivity contribution in [2.45, 2.75) is 13.0 Å². The molecule has 1 atom stereocenters. The second-order valence-corrected chi connectivity index (χ2v) is 4.91. The van der Waals surface area contributed by atoms with E-state index in [9.17, 15) is 0 Å². The third-order valence-corrected chi connectivity index (χ3v) is 3.44. The first-order valence-electron chi connectivity index (χ1n) is 6.93. The second kappa shape index (κ2) is 6.99. The van der Waals surface area contributed by atoms with Gasteiger partial charge in [0, 0.05) is 12.2 Å². The predicted octanol–water partition coefficient (Wildman–Crippen LogP) is 3.12. The first kappa shape index (κ1) is 15.2. The molecule has 0 aliphatic heterocycles. The van der Waals surface area contributed by atoms with Gasteiger partial charge in [-0.1, -0.05) is 23.8 Å². The molecular weight excluding hydrogens is 264 g/mol. The van der Waals surface area contributed by atoms with E-state index in [1.54, 1.807) is 14.2 Å². The summed E-state index contributed by atoms with van der Waals surface area (Å²) in [6.45, 7) is 2.56. The quantitative estimate of drug-likeness (QED) is 0.856. The number of nitrogens with one attached hydrogen (secondary N) is 1. The Morgan fingerprint density at radius 2 is 1.67 bits per heavy atom. The van der Waals surface area contributed by atoms with Crippen LogP contribution in [0.5, 0.6) is 11.5 Å². The molecule has 0 aromatic heterocycles. The van der Waals surface area contributed by atoms with Crippen molar-refractivity contribution in [3.63, 3.8) is 0 Å². The van der Waals surface area contributed by atoms with Crippen molar-refractivity contribution < 1.29 is 9.47 Å². The number of methoxy groups -OCH3 is 2. The van der Waals surface area contributed by atoms with Crippen molar-refractivity contribution in [1.29, 1.82) is 0 Å². The highest BCUT2D eigenvalue weighted by Crippen LogP contribution is 2.30. The molecule has 4 heteroatoms. The first-order chi connectivity index (χ1) is 10.2. The van der Waals surface area contributed by atoms with Gasteiger partial charge in [0.15, 0.2) is 11.5 Å². The van der Waals surface area contributed by atoms with Crippen molar-refractivity contribution in [3.05, 3.63) is 53.6 Å². The van der Waals surface area contributed by atoms with Gasteiger partial charge < -0.3 is 20.5 Å². The highest BCUT2D eigenvalue weighted by atomic mass is 16.5. The summed E-state index contributed by atoms with van der Waals surface area (Å²) in [4.78, 5) is 0. The summed E-state index contributed by atoms with van der Waals surface area (Å²) in [6, 6.07) is 14.1. The van der Waals surface area contributed by atoms with Crippen molar-refractivity contribution in [1.82, 2.24) is 0 Å². The Morgan fingerprint density at radius 3 is 2.24 bits per heavy atom. The molecule has 0 fully saturated rings. The van der Waals surface area contributed by atoms with Gasteiger partial charge in [-0.25, -0.2) is 0 Å². The summed E-state index contributed by atoms with van der Waals surface area (Å²) in [7, 11) is 3.26. The van der Waals surface area contributed by atoms with Gasteiger partial charge in [-0.15, -0.1) is 0 Å². The fraction of sp³-hybridized carbons (Fsp3) is 0.294. The Bertz CT molecular complexity index is 582. The molecule has 2 aromatic carbocycles. The molecule has 0 heterocycles. The van der Waals surface area contributed by atoms with Crippen molar-refractivity contribution in [3.8, 4) is 11.5 Å². The fourth-order valence-electron chi connectivity index (χ4n) is 2.20. The zero-order chi connectivity index (χ0) is 15.2. The van der Waals surface area contributed by atoms with E-state index in [4.69, 9.17) is 15.2 Å². The summed E-state index contributed by atoms with van der Waals surface area (Å²) >= 11 is 0. The lowest BCUT2D eigenvalue weighted by Gasteiger charge is -2.20. The number of ether oxygens (including phenoxy) is 2. The largest absolute Gasteiger partial charge is 0.493 e. The van der Waals surface area contributed by atoms with Crippen LogP contribution in [0.15, 0.2) is 42.5 Å². The van der Waals surface area contributed by atoms with Crippen molar-refractivity contribution >= 4 is 5.69 Å². The molecule has 112 valence electrons. The van der Waals surface area contributed by atoms with Crippen LogP contribution >= 0.6 is 0 Å². The zero-order valence-corrected chi connectivity index (χ0v) is 12.7. The lowest BCUT2D eigenvalue weighted by Crippen LogP contribution is -2.20. The third kappa shape index (κ3) is 3.67. The lowest BCUT2D eigenvalue weighted by atomic mass is 10.1. The number of rotatable bonds is 6. The van der Waals surface area contributed by atoms with E-state index in [1.807, 2.05) is 18.2 Å². The van der Waals surface area contributed by atoms with Gasteiger partial charge in [0.1, 0.15) is 0 Å². The monoisotopic (exact) mass is 286 g/mol. The maximum Gasteiger partial charge on any atom is 0.161 e. The van der Waals surface area contributed by atoms with Gasteiger partial charge in [-0.05, 0) is 36.8 Å². The number of benzene rings is 2. The molecule has 2 rings (SSSR count). The molecule has 4 nitrogen and oxygen atoms in total. The van der Waals surface area contributed by atoms with Gasteiger partial charge in [-0.2, -0.15) is 0 Å². The number of aryl methyl sites for hydroxylation is 1. The maximum atomic E-state index is 5.91.